The van der Waals surface area contributed by atoms with E-state index in [9.17, 15) is 0 Å². The molecule has 1 atom stereocenters. The van der Waals surface area contributed by atoms with E-state index >= 15 is 0 Å². The molecule has 18 heavy (non-hydrogen) atoms. The van der Waals surface area contributed by atoms with Gasteiger partial charge in [-0.1, -0.05) is 29.5 Å². The molecule has 0 aliphatic carbocycles. The Kier molecular flexibility index (Phi) is 5.07. The number of hydrogen-bond donors (Lipinski definition) is 1. The zero-order valence-electron chi connectivity index (χ0n) is 11.4. The molecule has 0 saturated carbocycles. The summed E-state index contributed by atoms with van der Waals surface area (Å²) in [6, 6.07) is 5.55. The van der Waals surface area contributed by atoms with Crippen LogP contribution in [0.15, 0.2) is 18.2 Å². The molecule has 1 unspecified atom stereocenters. The van der Waals surface area contributed by atoms with E-state index in [1.807, 2.05) is 25.1 Å². The zero-order chi connectivity index (χ0) is 13.8. The van der Waals surface area contributed by atoms with Crippen molar-refractivity contribution < 1.29 is 4.74 Å². The largest absolute Gasteiger partial charge is 0.479 e. The fourth-order valence-corrected chi connectivity index (χ4v) is 1.58. The van der Waals surface area contributed by atoms with Crippen LogP contribution in [0.1, 0.15) is 39.3 Å². The number of rotatable bonds is 3. The Balaban J connectivity index is 2.66. The number of ether oxygens (including phenoxy) is 1. The van der Waals surface area contributed by atoms with Crippen molar-refractivity contribution in [2.24, 2.45) is 11.1 Å². The topological polar surface area (TPSA) is 35.2 Å². The monoisotopic (exact) mass is 265 g/mol. The van der Waals surface area contributed by atoms with Gasteiger partial charge in [0, 0.05) is 11.5 Å². The van der Waals surface area contributed by atoms with Gasteiger partial charge < -0.3 is 10.5 Å². The van der Waals surface area contributed by atoms with Gasteiger partial charge in [0.15, 0.2) is 0 Å². The van der Waals surface area contributed by atoms with Crippen LogP contribution in [0, 0.1) is 17.3 Å². The highest BCUT2D eigenvalue weighted by molar-refractivity contribution is 6.32. The zero-order valence-corrected chi connectivity index (χ0v) is 12.1. The molecule has 1 aromatic rings. The molecule has 0 saturated heterocycles. The van der Waals surface area contributed by atoms with Crippen molar-refractivity contribution in [3.63, 3.8) is 0 Å². The minimum atomic E-state index is -0.0303. The van der Waals surface area contributed by atoms with Crippen LogP contribution in [0.4, 0.5) is 0 Å². The SMILES string of the molecule is CC(N)c1ccc(OCC#CC(C)(C)C)c(Cl)c1. The lowest BCUT2D eigenvalue weighted by Crippen LogP contribution is -2.05. The Hall–Kier alpha value is -1.17. The Morgan fingerprint density at radius 3 is 2.56 bits per heavy atom. The Bertz CT molecular complexity index is 464. The fourth-order valence-electron chi connectivity index (χ4n) is 1.33. The lowest BCUT2D eigenvalue weighted by atomic mass is 9.98. The summed E-state index contributed by atoms with van der Waals surface area (Å²) >= 11 is 6.11. The number of benzene rings is 1. The maximum atomic E-state index is 6.11. The van der Waals surface area contributed by atoms with E-state index in [4.69, 9.17) is 22.1 Å². The third kappa shape index (κ3) is 5.00. The fraction of sp³-hybridized carbons (Fsp3) is 0.467. The average molecular weight is 266 g/mol. The Labute approximate surface area is 114 Å². The van der Waals surface area contributed by atoms with Gasteiger partial charge in [-0.05, 0) is 45.4 Å². The maximum absolute atomic E-state index is 6.11. The Morgan fingerprint density at radius 2 is 2.06 bits per heavy atom. The molecule has 0 aliphatic heterocycles. The average Bonchev–Trinajstić information content (AvgIpc) is 2.24. The first-order valence-corrected chi connectivity index (χ1v) is 6.35. The standard InChI is InChI=1S/C15H20ClNO/c1-11(17)12-6-7-14(13(16)10-12)18-9-5-8-15(2,3)4/h6-7,10-11H,9,17H2,1-4H3. The van der Waals surface area contributed by atoms with E-state index in [2.05, 4.69) is 32.6 Å². The summed E-state index contributed by atoms with van der Waals surface area (Å²) in [6.07, 6.45) is 0. The first-order chi connectivity index (χ1) is 8.29. The first-order valence-electron chi connectivity index (χ1n) is 5.97. The van der Waals surface area contributed by atoms with Crippen LogP contribution in [-0.2, 0) is 0 Å². The quantitative estimate of drug-likeness (QED) is 0.844. The lowest BCUT2D eigenvalue weighted by Gasteiger charge is -2.10. The molecule has 0 fully saturated rings. The maximum Gasteiger partial charge on any atom is 0.149 e. The summed E-state index contributed by atoms with van der Waals surface area (Å²) < 4.78 is 5.52. The van der Waals surface area contributed by atoms with Gasteiger partial charge in [-0.25, -0.2) is 0 Å². The van der Waals surface area contributed by atoms with Crippen LogP contribution in [0.3, 0.4) is 0 Å². The van der Waals surface area contributed by atoms with Gasteiger partial charge in [0.1, 0.15) is 12.4 Å². The molecule has 0 amide bonds. The first kappa shape index (κ1) is 14.9. The van der Waals surface area contributed by atoms with E-state index < -0.39 is 0 Å². The summed E-state index contributed by atoms with van der Waals surface area (Å²) in [5, 5.41) is 0.572. The van der Waals surface area contributed by atoms with Gasteiger partial charge in [-0.15, -0.1) is 0 Å². The second-order valence-electron chi connectivity index (χ2n) is 5.32. The number of nitrogens with two attached hydrogens (primary N) is 1. The summed E-state index contributed by atoms with van der Waals surface area (Å²) in [5.41, 5.74) is 6.77. The van der Waals surface area contributed by atoms with Crippen LogP contribution < -0.4 is 10.5 Å². The van der Waals surface area contributed by atoms with Crippen molar-refractivity contribution in [3.8, 4) is 17.6 Å². The van der Waals surface area contributed by atoms with Crippen LogP contribution in [0.25, 0.3) is 0 Å². The molecule has 0 bridgehead atoms. The minimum Gasteiger partial charge on any atom is -0.479 e. The highest BCUT2D eigenvalue weighted by Crippen LogP contribution is 2.27. The van der Waals surface area contributed by atoms with Crippen molar-refractivity contribution in [3.05, 3.63) is 28.8 Å². The molecule has 2 N–H and O–H groups in total. The van der Waals surface area contributed by atoms with E-state index in [1.165, 1.54) is 0 Å². The molecule has 0 radical (unpaired) electrons. The van der Waals surface area contributed by atoms with Gasteiger partial charge in [0.25, 0.3) is 0 Å². The summed E-state index contributed by atoms with van der Waals surface area (Å²) in [6.45, 7) is 8.44. The third-order valence-electron chi connectivity index (χ3n) is 2.24. The van der Waals surface area contributed by atoms with Crippen LogP contribution in [-0.4, -0.2) is 6.61 Å². The highest BCUT2D eigenvalue weighted by Gasteiger charge is 2.06. The summed E-state index contributed by atoms with van der Waals surface area (Å²) in [4.78, 5) is 0. The molecule has 2 nitrogen and oxygen atoms in total. The molecule has 0 spiro atoms. The minimum absolute atomic E-state index is 0.00794. The molecule has 0 aromatic heterocycles. The highest BCUT2D eigenvalue weighted by atomic mass is 35.5. The molecular formula is C15H20ClNO. The molecule has 3 heteroatoms. The van der Waals surface area contributed by atoms with Gasteiger partial charge in [0.2, 0.25) is 0 Å². The van der Waals surface area contributed by atoms with Gasteiger partial charge >= 0.3 is 0 Å². The molecule has 0 heterocycles. The van der Waals surface area contributed by atoms with Gasteiger partial charge in [-0.2, -0.15) is 0 Å². The van der Waals surface area contributed by atoms with E-state index in [1.54, 1.807) is 0 Å². The van der Waals surface area contributed by atoms with Crippen molar-refractivity contribution in [1.82, 2.24) is 0 Å². The van der Waals surface area contributed by atoms with E-state index in [0.717, 1.165) is 5.56 Å². The summed E-state index contributed by atoms with van der Waals surface area (Å²) in [5.74, 6) is 6.73. The van der Waals surface area contributed by atoms with Crippen molar-refractivity contribution >= 4 is 11.6 Å². The smallest absolute Gasteiger partial charge is 0.149 e. The van der Waals surface area contributed by atoms with E-state index in [0.29, 0.717) is 17.4 Å². The predicted molar refractivity (Wildman–Crippen MR) is 76.8 cm³/mol. The molecule has 1 rings (SSSR count). The van der Waals surface area contributed by atoms with Crippen LogP contribution >= 0.6 is 11.6 Å². The second kappa shape index (κ2) is 6.13. The van der Waals surface area contributed by atoms with Gasteiger partial charge in [0.05, 0.1) is 5.02 Å². The lowest BCUT2D eigenvalue weighted by molar-refractivity contribution is 0.369. The summed E-state index contributed by atoms with van der Waals surface area (Å²) in [7, 11) is 0. The molecule has 1 aromatic carbocycles. The van der Waals surface area contributed by atoms with E-state index in [-0.39, 0.29) is 11.5 Å². The molecule has 98 valence electrons. The second-order valence-corrected chi connectivity index (χ2v) is 5.73. The van der Waals surface area contributed by atoms with Crippen LogP contribution in [0.2, 0.25) is 5.02 Å². The van der Waals surface area contributed by atoms with Crippen molar-refractivity contribution in [2.45, 2.75) is 33.7 Å². The number of hydrogen-bond acceptors (Lipinski definition) is 2. The molecular weight excluding hydrogens is 246 g/mol. The van der Waals surface area contributed by atoms with Crippen molar-refractivity contribution in [2.75, 3.05) is 6.61 Å². The Morgan fingerprint density at radius 1 is 1.39 bits per heavy atom. The number of halogens is 1. The van der Waals surface area contributed by atoms with Gasteiger partial charge in [-0.3, -0.25) is 0 Å². The third-order valence-corrected chi connectivity index (χ3v) is 2.54. The van der Waals surface area contributed by atoms with Crippen LogP contribution in [0.5, 0.6) is 5.75 Å². The molecule has 0 aliphatic rings. The van der Waals surface area contributed by atoms with Crippen molar-refractivity contribution in [1.29, 1.82) is 0 Å². The predicted octanol–water partition coefficient (Wildman–Crippen LogP) is 3.79. The normalized spacial score (nSPS) is 12.6.